The van der Waals surface area contributed by atoms with E-state index >= 15 is 0 Å². The minimum atomic E-state index is -3.82. The first kappa shape index (κ1) is 20.8. The van der Waals surface area contributed by atoms with Gasteiger partial charge in [-0.1, -0.05) is 39.0 Å². The lowest BCUT2D eigenvalue weighted by Crippen LogP contribution is -2.20. The SMILES string of the molecule is CCCN1CC[C@@H](c2ccc(NS(=O)(=O)c3ccc(C(C)C)c(F)c3)cc2)C1. The van der Waals surface area contributed by atoms with Gasteiger partial charge in [0.05, 0.1) is 4.90 Å². The molecule has 3 rings (SSSR count). The van der Waals surface area contributed by atoms with Crippen LogP contribution < -0.4 is 4.72 Å². The molecule has 1 fully saturated rings. The normalized spacial score (nSPS) is 18.0. The molecule has 1 N–H and O–H groups in total. The lowest BCUT2D eigenvalue weighted by atomic mass is 9.98. The van der Waals surface area contributed by atoms with E-state index in [0.29, 0.717) is 17.2 Å². The molecule has 1 aliphatic heterocycles. The Bertz CT molecular complexity index is 911. The Morgan fingerprint density at radius 2 is 1.89 bits per heavy atom. The van der Waals surface area contributed by atoms with Gasteiger partial charge in [0.15, 0.2) is 0 Å². The summed E-state index contributed by atoms with van der Waals surface area (Å²) in [5, 5.41) is 0. The van der Waals surface area contributed by atoms with E-state index in [1.54, 1.807) is 18.2 Å². The minimum absolute atomic E-state index is 0.00101. The highest BCUT2D eigenvalue weighted by Gasteiger charge is 2.23. The fourth-order valence-corrected chi connectivity index (χ4v) is 4.87. The lowest BCUT2D eigenvalue weighted by molar-refractivity contribution is 0.335. The molecule has 4 nitrogen and oxygen atoms in total. The smallest absolute Gasteiger partial charge is 0.261 e. The monoisotopic (exact) mass is 404 g/mol. The fourth-order valence-electron chi connectivity index (χ4n) is 3.80. The van der Waals surface area contributed by atoms with Crippen LogP contribution in [0.15, 0.2) is 47.4 Å². The lowest BCUT2D eigenvalue weighted by Gasteiger charge is -2.15. The summed E-state index contributed by atoms with van der Waals surface area (Å²) in [5.41, 5.74) is 2.23. The van der Waals surface area contributed by atoms with E-state index in [1.807, 2.05) is 26.0 Å². The van der Waals surface area contributed by atoms with E-state index in [0.717, 1.165) is 38.5 Å². The average Bonchev–Trinajstić information content (AvgIpc) is 3.10. The van der Waals surface area contributed by atoms with Crippen molar-refractivity contribution in [3.8, 4) is 0 Å². The molecule has 0 aliphatic carbocycles. The van der Waals surface area contributed by atoms with E-state index in [-0.39, 0.29) is 10.8 Å². The van der Waals surface area contributed by atoms with Crippen LogP contribution >= 0.6 is 0 Å². The van der Waals surface area contributed by atoms with Crippen molar-refractivity contribution in [3.05, 3.63) is 59.4 Å². The largest absolute Gasteiger partial charge is 0.303 e. The second kappa shape index (κ2) is 8.62. The summed E-state index contributed by atoms with van der Waals surface area (Å²) in [6, 6.07) is 11.6. The van der Waals surface area contributed by atoms with Gasteiger partial charge in [0.2, 0.25) is 0 Å². The standard InChI is InChI=1S/C22H29FN2O2S/c1-4-12-25-13-11-18(15-25)17-5-7-19(8-6-17)24-28(26,27)20-9-10-21(16(2)3)22(23)14-20/h5-10,14,16,18,24H,4,11-13,15H2,1-3H3/t18-/m1/s1. The molecule has 0 spiro atoms. The Morgan fingerprint density at radius 1 is 1.18 bits per heavy atom. The molecule has 1 atom stereocenters. The molecule has 2 aromatic rings. The van der Waals surface area contributed by atoms with Crippen molar-refractivity contribution in [2.24, 2.45) is 0 Å². The quantitative estimate of drug-likeness (QED) is 0.710. The van der Waals surface area contributed by atoms with Gasteiger partial charge >= 0.3 is 0 Å². The van der Waals surface area contributed by atoms with Gasteiger partial charge in [0, 0.05) is 12.2 Å². The van der Waals surface area contributed by atoms with E-state index in [9.17, 15) is 12.8 Å². The third kappa shape index (κ3) is 4.73. The molecular weight excluding hydrogens is 375 g/mol. The molecule has 2 aromatic carbocycles. The third-order valence-electron chi connectivity index (χ3n) is 5.35. The van der Waals surface area contributed by atoms with E-state index in [1.165, 1.54) is 11.6 Å². The van der Waals surface area contributed by atoms with Crippen molar-refractivity contribution >= 4 is 15.7 Å². The minimum Gasteiger partial charge on any atom is -0.303 e. The van der Waals surface area contributed by atoms with E-state index in [2.05, 4.69) is 16.5 Å². The Kier molecular flexibility index (Phi) is 6.40. The van der Waals surface area contributed by atoms with Crippen LogP contribution in [-0.2, 0) is 10.0 Å². The Hall–Kier alpha value is -1.92. The molecule has 152 valence electrons. The summed E-state index contributed by atoms with van der Waals surface area (Å²) < 4.78 is 42.0. The van der Waals surface area contributed by atoms with Gasteiger partial charge in [-0.3, -0.25) is 4.72 Å². The molecule has 1 aliphatic rings. The van der Waals surface area contributed by atoms with Gasteiger partial charge in [-0.15, -0.1) is 0 Å². The number of anilines is 1. The predicted molar refractivity (Wildman–Crippen MR) is 112 cm³/mol. The Labute approximate surface area is 167 Å². The zero-order valence-electron chi connectivity index (χ0n) is 16.8. The molecule has 0 unspecified atom stereocenters. The summed E-state index contributed by atoms with van der Waals surface area (Å²) in [6.07, 6.45) is 2.29. The number of benzene rings is 2. The summed E-state index contributed by atoms with van der Waals surface area (Å²) in [5.74, 6) is 0.00191. The summed E-state index contributed by atoms with van der Waals surface area (Å²) >= 11 is 0. The third-order valence-corrected chi connectivity index (χ3v) is 6.73. The fraction of sp³-hybridized carbons (Fsp3) is 0.455. The van der Waals surface area contributed by atoms with Crippen molar-refractivity contribution in [1.29, 1.82) is 0 Å². The number of hydrogen-bond acceptors (Lipinski definition) is 3. The maximum absolute atomic E-state index is 14.2. The van der Waals surface area contributed by atoms with Crippen LogP contribution in [-0.4, -0.2) is 33.0 Å². The van der Waals surface area contributed by atoms with Crippen LogP contribution in [0.1, 0.15) is 56.6 Å². The first-order valence-corrected chi connectivity index (χ1v) is 11.4. The molecule has 0 aromatic heterocycles. The molecule has 6 heteroatoms. The zero-order chi connectivity index (χ0) is 20.3. The van der Waals surface area contributed by atoms with E-state index in [4.69, 9.17) is 0 Å². The number of nitrogens with one attached hydrogen (secondary N) is 1. The van der Waals surface area contributed by atoms with Crippen molar-refractivity contribution in [1.82, 2.24) is 4.90 Å². The van der Waals surface area contributed by atoms with Crippen LogP contribution in [0.3, 0.4) is 0 Å². The predicted octanol–water partition coefficient (Wildman–Crippen LogP) is 4.95. The van der Waals surface area contributed by atoms with Crippen LogP contribution in [0.4, 0.5) is 10.1 Å². The van der Waals surface area contributed by atoms with Gasteiger partial charge in [0.1, 0.15) is 5.82 Å². The number of nitrogens with zero attached hydrogens (tertiary/aromatic N) is 1. The maximum Gasteiger partial charge on any atom is 0.261 e. The van der Waals surface area contributed by atoms with Gasteiger partial charge in [0.25, 0.3) is 10.0 Å². The number of hydrogen-bond donors (Lipinski definition) is 1. The molecule has 0 radical (unpaired) electrons. The summed E-state index contributed by atoms with van der Waals surface area (Å²) in [7, 11) is -3.82. The molecule has 28 heavy (non-hydrogen) atoms. The highest BCUT2D eigenvalue weighted by atomic mass is 32.2. The molecule has 0 amide bonds. The van der Waals surface area contributed by atoms with Crippen molar-refractivity contribution in [3.63, 3.8) is 0 Å². The number of rotatable bonds is 7. The van der Waals surface area contributed by atoms with Gasteiger partial charge in [-0.2, -0.15) is 0 Å². The average molecular weight is 405 g/mol. The number of halogens is 1. The summed E-state index contributed by atoms with van der Waals surface area (Å²) in [6.45, 7) is 9.23. The van der Waals surface area contributed by atoms with Crippen molar-refractivity contribution < 1.29 is 12.8 Å². The molecule has 1 saturated heterocycles. The second-order valence-corrected chi connectivity index (χ2v) is 9.53. The van der Waals surface area contributed by atoms with Crippen molar-refractivity contribution in [2.45, 2.75) is 50.3 Å². The Morgan fingerprint density at radius 3 is 2.50 bits per heavy atom. The highest BCUT2D eigenvalue weighted by molar-refractivity contribution is 7.92. The van der Waals surface area contributed by atoms with Gasteiger partial charge < -0.3 is 4.90 Å². The zero-order valence-corrected chi connectivity index (χ0v) is 17.6. The topological polar surface area (TPSA) is 49.4 Å². The molecular formula is C22H29FN2O2S. The van der Waals surface area contributed by atoms with Crippen LogP contribution in [0.25, 0.3) is 0 Å². The summed E-state index contributed by atoms with van der Waals surface area (Å²) in [4.78, 5) is 2.40. The number of sulfonamides is 1. The maximum atomic E-state index is 14.2. The van der Waals surface area contributed by atoms with E-state index < -0.39 is 15.8 Å². The van der Waals surface area contributed by atoms with Gasteiger partial charge in [-0.25, -0.2) is 12.8 Å². The number of likely N-dealkylation sites (tertiary alicyclic amines) is 1. The molecule has 0 saturated carbocycles. The van der Waals surface area contributed by atoms with Crippen LogP contribution in [0, 0.1) is 5.82 Å². The molecule has 0 bridgehead atoms. The highest BCUT2D eigenvalue weighted by Crippen LogP contribution is 2.29. The van der Waals surface area contributed by atoms with Crippen LogP contribution in [0.5, 0.6) is 0 Å². The van der Waals surface area contributed by atoms with Gasteiger partial charge in [-0.05, 0) is 73.2 Å². The van der Waals surface area contributed by atoms with Crippen LogP contribution in [0.2, 0.25) is 0 Å². The first-order chi connectivity index (χ1) is 13.3. The first-order valence-electron chi connectivity index (χ1n) is 9.94. The second-order valence-electron chi connectivity index (χ2n) is 7.85. The van der Waals surface area contributed by atoms with Crippen molar-refractivity contribution in [2.75, 3.05) is 24.4 Å². The molecule has 1 heterocycles. The Balaban J connectivity index is 1.70.